The summed E-state index contributed by atoms with van der Waals surface area (Å²) in [5, 5.41) is 4.28. The summed E-state index contributed by atoms with van der Waals surface area (Å²) in [6.07, 6.45) is 1.93. The smallest absolute Gasteiger partial charge is 0.252 e. The topological polar surface area (TPSA) is 45.2 Å². The van der Waals surface area contributed by atoms with Crippen LogP contribution in [-0.2, 0) is 6.54 Å². The van der Waals surface area contributed by atoms with E-state index in [0.717, 1.165) is 65.8 Å². The van der Waals surface area contributed by atoms with Crippen molar-refractivity contribution in [1.29, 1.82) is 0 Å². The second-order valence-corrected chi connectivity index (χ2v) is 9.81. The Labute approximate surface area is 208 Å². The summed E-state index contributed by atoms with van der Waals surface area (Å²) in [5.74, 6) is 0.00849. The zero-order chi connectivity index (χ0) is 24.4. The van der Waals surface area contributed by atoms with E-state index in [1.54, 1.807) is 0 Å². The standard InChI is InChI=1S/C31H33N3O/c1-21-13-14-22(2)27(19-21)30-23(3)29(26-11-7-8-12-28(26)33-30)31(35)32-25-15-17-34(18-16-25)20-24-9-5-4-6-10-24/h4-14,19,25H,15-18,20H2,1-3H3,(H,32,35). The third kappa shape index (κ3) is 4.98. The molecule has 0 atom stereocenters. The quantitative estimate of drug-likeness (QED) is 0.382. The zero-order valence-corrected chi connectivity index (χ0v) is 20.8. The Morgan fingerprint density at radius 3 is 2.43 bits per heavy atom. The summed E-state index contributed by atoms with van der Waals surface area (Å²) in [7, 11) is 0. The molecule has 2 heterocycles. The first-order chi connectivity index (χ1) is 17.0. The lowest BCUT2D eigenvalue weighted by Crippen LogP contribution is -2.44. The molecular formula is C31H33N3O. The second kappa shape index (κ2) is 10.0. The Morgan fingerprint density at radius 2 is 1.66 bits per heavy atom. The van der Waals surface area contributed by atoms with Crippen molar-refractivity contribution in [2.24, 2.45) is 0 Å². The Bertz CT molecular complexity index is 1350. The normalized spacial score (nSPS) is 14.8. The number of piperidine rings is 1. The van der Waals surface area contributed by atoms with Crippen molar-refractivity contribution < 1.29 is 4.79 Å². The van der Waals surface area contributed by atoms with Crippen molar-refractivity contribution in [3.63, 3.8) is 0 Å². The SMILES string of the molecule is Cc1ccc(C)c(-c2nc3ccccc3c(C(=O)NC3CCN(Cc4ccccc4)CC3)c2C)c1. The molecule has 0 radical (unpaired) electrons. The van der Waals surface area contributed by atoms with Crippen molar-refractivity contribution in [3.05, 3.63) is 101 Å². The molecule has 1 aromatic heterocycles. The van der Waals surface area contributed by atoms with E-state index in [1.165, 1.54) is 16.7 Å². The highest BCUT2D eigenvalue weighted by atomic mass is 16.1. The maximum atomic E-state index is 13.7. The lowest BCUT2D eigenvalue weighted by Gasteiger charge is -2.32. The summed E-state index contributed by atoms with van der Waals surface area (Å²) < 4.78 is 0. The number of likely N-dealkylation sites (tertiary alicyclic amines) is 1. The zero-order valence-electron chi connectivity index (χ0n) is 20.8. The highest BCUT2D eigenvalue weighted by Gasteiger charge is 2.24. The molecule has 0 unspecified atom stereocenters. The maximum absolute atomic E-state index is 13.7. The van der Waals surface area contributed by atoms with E-state index in [1.807, 2.05) is 31.2 Å². The molecule has 0 spiro atoms. The van der Waals surface area contributed by atoms with Crippen LogP contribution in [0.1, 0.15) is 45.5 Å². The summed E-state index contributed by atoms with van der Waals surface area (Å²) in [6.45, 7) is 9.18. The van der Waals surface area contributed by atoms with E-state index in [0.29, 0.717) is 0 Å². The molecule has 178 valence electrons. The number of carbonyl (C=O) groups is 1. The van der Waals surface area contributed by atoms with E-state index < -0.39 is 0 Å². The van der Waals surface area contributed by atoms with Crippen LogP contribution in [0.2, 0.25) is 0 Å². The Morgan fingerprint density at radius 1 is 0.943 bits per heavy atom. The molecule has 0 saturated carbocycles. The number of benzene rings is 3. The van der Waals surface area contributed by atoms with Gasteiger partial charge in [0.2, 0.25) is 0 Å². The molecule has 0 bridgehead atoms. The molecule has 4 heteroatoms. The van der Waals surface area contributed by atoms with Gasteiger partial charge in [-0.15, -0.1) is 0 Å². The van der Waals surface area contributed by atoms with Gasteiger partial charge in [-0.3, -0.25) is 9.69 Å². The lowest BCUT2D eigenvalue weighted by atomic mass is 9.93. The Hall–Kier alpha value is -3.50. The fraction of sp³-hybridized carbons (Fsp3) is 0.290. The molecule has 1 saturated heterocycles. The van der Waals surface area contributed by atoms with Crippen molar-refractivity contribution >= 4 is 16.8 Å². The highest BCUT2D eigenvalue weighted by molar-refractivity contribution is 6.09. The predicted octanol–water partition coefficient (Wildman–Crippen LogP) is 6.22. The van der Waals surface area contributed by atoms with Crippen LogP contribution in [-0.4, -0.2) is 34.9 Å². The van der Waals surface area contributed by atoms with Gasteiger partial charge in [-0.05, 0) is 62.4 Å². The van der Waals surface area contributed by atoms with Gasteiger partial charge in [0.1, 0.15) is 0 Å². The summed E-state index contributed by atoms with van der Waals surface area (Å²) >= 11 is 0. The number of aromatic nitrogens is 1. The largest absolute Gasteiger partial charge is 0.349 e. The number of nitrogens with one attached hydrogen (secondary N) is 1. The molecule has 1 aliphatic heterocycles. The average molecular weight is 464 g/mol. The van der Waals surface area contributed by atoms with Crippen LogP contribution in [0.3, 0.4) is 0 Å². The summed E-state index contributed by atoms with van der Waals surface area (Å²) in [6, 6.07) is 25.2. The number of aryl methyl sites for hydroxylation is 2. The van der Waals surface area contributed by atoms with Gasteiger partial charge < -0.3 is 5.32 Å². The predicted molar refractivity (Wildman–Crippen MR) is 144 cm³/mol. The minimum absolute atomic E-state index is 0.00849. The van der Waals surface area contributed by atoms with E-state index in [9.17, 15) is 4.79 Å². The second-order valence-electron chi connectivity index (χ2n) is 9.81. The number of rotatable bonds is 5. The third-order valence-electron chi connectivity index (χ3n) is 7.18. The number of amides is 1. The molecular weight excluding hydrogens is 430 g/mol. The molecule has 1 fully saturated rings. The first-order valence-corrected chi connectivity index (χ1v) is 12.5. The Kier molecular flexibility index (Phi) is 6.65. The van der Waals surface area contributed by atoms with Crippen LogP contribution in [0.4, 0.5) is 0 Å². The van der Waals surface area contributed by atoms with Gasteiger partial charge in [-0.1, -0.05) is 66.2 Å². The molecule has 5 rings (SSSR count). The first-order valence-electron chi connectivity index (χ1n) is 12.5. The van der Waals surface area contributed by atoms with Gasteiger partial charge in [-0.25, -0.2) is 4.98 Å². The molecule has 1 aliphatic rings. The monoisotopic (exact) mass is 463 g/mol. The minimum Gasteiger partial charge on any atom is -0.349 e. The van der Waals surface area contributed by atoms with Crippen molar-refractivity contribution in [3.8, 4) is 11.3 Å². The van der Waals surface area contributed by atoms with Gasteiger partial charge in [-0.2, -0.15) is 0 Å². The van der Waals surface area contributed by atoms with E-state index in [2.05, 4.69) is 72.6 Å². The van der Waals surface area contributed by atoms with Crippen LogP contribution in [0, 0.1) is 20.8 Å². The van der Waals surface area contributed by atoms with Crippen LogP contribution in [0.15, 0.2) is 72.8 Å². The summed E-state index contributed by atoms with van der Waals surface area (Å²) in [5.41, 5.74) is 8.23. The number of hydrogen-bond acceptors (Lipinski definition) is 3. The van der Waals surface area contributed by atoms with Gasteiger partial charge in [0, 0.05) is 36.6 Å². The van der Waals surface area contributed by atoms with Gasteiger partial charge in [0.25, 0.3) is 5.91 Å². The number of hydrogen-bond donors (Lipinski definition) is 1. The van der Waals surface area contributed by atoms with Gasteiger partial charge in [0.05, 0.1) is 16.8 Å². The first kappa shape index (κ1) is 23.3. The van der Waals surface area contributed by atoms with Gasteiger partial charge >= 0.3 is 0 Å². The molecule has 1 N–H and O–H groups in total. The molecule has 35 heavy (non-hydrogen) atoms. The van der Waals surface area contributed by atoms with E-state index in [-0.39, 0.29) is 11.9 Å². The van der Waals surface area contributed by atoms with Gasteiger partial charge in [0.15, 0.2) is 0 Å². The van der Waals surface area contributed by atoms with Crippen LogP contribution < -0.4 is 5.32 Å². The average Bonchev–Trinajstić information content (AvgIpc) is 2.87. The van der Waals surface area contributed by atoms with Crippen LogP contribution in [0.25, 0.3) is 22.2 Å². The molecule has 0 aliphatic carbocycles. The molecule has 3 aromatic carbocycles. The highest BCUT2D eigenvalue weighted by Crippen LogP contribution is 2.32. The minimum atomic E-state index is 0.00849. The fourth-order valence-corrected chi connectivity index (χ4v) is 5.19. The van der Waals surface area contributed by atoms with E-state index >= 15 is 0 Å². The number of fused-ring (bicyclic) bond motifs is 1. The van der Waals surface area contributed by atoms with Crippen LogP contribution in [0.5, 0.6) is 0 Å². The fourth-order valence-electron chi connectivity index (χ4n) is 5.19. The lowest BCUT2D eigenvalue weighted by molar-refractivity contribution is 0.0910. The number of nitrogens with zero attached hydrogens (tertiary/aromatic N) is 2. The third-order valence-corrected chi connectivity index (χ3v) is 7.18. The van der Waals surface area contributed by atoms with Crippen molar-refractivity contribution in [2.45, 2.75) is 46.2 Å². The molecule has 1 amide bonds. The maximum Gasteiger partial charge on any atom is 0.252 e. The van der Waals surface area contributed by atoms with Crippen molar-refractivity contribution in [2.75, 3.05) is 13.1 Å². The molecule has 4 aromatic rings. The molecule has 4 nitrogen and oxygen atoms in total. The Balaban J connectivity index is 1.39. The number of carbonyl (C=O) groups excluding carboxylic acids is 1. The van der Waals surface area contributed by atoms with E-state index in [4.69, 9.17) is 4.98 Å². The number of para-hydroxylation sites is 1. The summed E-state index contributed by atoms with van der Waals surface area (Å²) in [4.78, 5) is 21.2. The van der Waals surface area contributed by atoms with Crippen molar-refractivity contribution in [1.82, 2.24) is 15.2 Å². The number of pyridine rings is 1. The van der Waals surface area contributed by atoms with Crippen LogP contribution >= 0.6 is 0 Å².